The molecule has 0 saturated carbocycles. The summed E-state index contributed by atoms with van der Waals surface area (Å²) in [6.45, 7) is 4.50. The van der Waals surface area contributed by atoms with E-state index >= 15 is 0 Å². The predicted octanol–water partition coefficient (Wildman–Crippen LogP) is 6.78. The van der Waals surface area contributed by atoms with Gasteiger partial charge in [0.15, 0.2) is 0 Å². The second kappa shape index (κ2) is 36.4. The third-order valence-electron chi connectivity index (χ3n) is 5.72. The first-order valence-electron chi connectivity index (χ1n) is 14.1. The predicted molar refractivity (Wildman–Crippen MR) is 148 cm³/mol. The molecule has 204 valence electrons. The molecule has 0 rings (SSSR count). The van der Waals surface area contributed by atoms with Crippen LogP contribution in [0.3, 0.4) is 0 Å². The first-order valence-corrected chi connectivity index (χ1v) is 16.4. The van der Waals surface area contributed by atoms with Crippen LogP contribution in [0.1, 0.15) is 142 Å². The van der Waals surface area contributed by atoms with Crippen LogP contribution < -0.4 is 10.2 Å². The van der Waals surface area contributed by atoms with E-state index in [0.717, 1.165) is 24.3 Å². The van der Waals surface area contributed by atoms with Gasteiger partial charge in [0.1, 0.15) is 0 Å². The minimum atomic E-state index is -0.943. The summed E-state index contributed by atoms with van der Waals surface area (Å²) in [6.07, 6.45) is 26.6. The fraction of sp³-hybridized carbons (Fsp3) is 0.929. The summed E-state index contributed by atoms with van der Waals surface area (Å²) in [4.78, 5) is 20.3. The van der Waals surface area contributed by atoms with Gasteiger partial charge < -0.3 is 19.8 Å². The van der Waals surface area contributed by atoms with Crippen molar-refractivity contribution < 1.29 is 39.3 Å². The summed E-state index contributed by atoms with van der Waals surface area (Å²) in [5.41, 5.74) is 0. The zero-order chi connectivity index (χ0) is 25.5. The van der Waals surface area contributed by atoms with E-state index in [0.29, 0.717) is 0 Å². The minimum Gasteiger partial charge on any atom is -0.549 e. The molecule has 4 nitrogen and oxygen atoms in total. The van der Waals surface area contributed by atoms with Crippen molar-refractivity contribution >= 4 is 35.5 Å². The van der Waals surface area contributed by atoms with Gasteiger partial charge in [-0.2, -0.15) is 23.5 Å². The van der Waals surface area contributed by atoms with E-state index in [9.17, 15) is 19.8 Å². The quantitative estimate of drug-likeness (QED) is 0.0825. The Morgan fingerprint density at radius 3 is 0.914 bits per heavy atom. The SMILES string of the molecule is CCCCCCCCCCCCSCC(=O)[O-].CCCCCCCCCCCCSCC(=O)[O-].[Zn+2]. The van der Waals surface area contributed by atoms with Crippen LogP contribution in [0.5, 0.6) is 0 Å². The van der Waals surface area contributed by atoms with Crippen LogP contribution in [0.2, 0.25) is 0 Å². The van der Waals surface area contributed by atoms with Crippen LogP contribution in [0.15, 0.2) is 0 Å². The van der Waals surface area contributed by atoms with E-state index < -0.39 is 11.9 Å². The van der Waals surface area contributed by atoms with Gasteiger partial charge in [-0.25, -0.2) is 0 Å². The average Bonchev–Trinajstić information content (AvgIpc) is 2.80. The summed E-state index contributed by atoms with van der Waals surface area (Å²) in [5, 5.41) is 20.3. The fourth-order valence-corrected chi connectivity index (χ4v) is 5.13. The molecule has 0 amide bonds. The van der Waals surface area contributed by atoms with Gasteiger partial charge in [-0.15, -0.1) is 0 Å². The van der Waals surface area contributed by atoms with E-state index in [1.54, 1.807) is 0 Å². The van der Waals surface area contributed by atoms with Gasteiger partial charge >= 0.3 is 19.5 Å². The maximum atomic E-state index is 10.1. The zero-order valence-corrected chi connectivity index (χ0v) is 27.7. The Bertz CT molecular complexity index is 388. The largest absolute Gasteiger partial charge is 2.00 e. The van der Waals surface area contributed by atoms with Crippen LogP contribution in [0, 0.1) is 0 Å². The number of hydrogen-bond acceptors (Lipinski definition) is 6. The van der Waals surface area contributed by atoms with Gasteiger partial charge in [-0.1, -0.05) is 129 Å². The molecule has 0 aliphatic heterocycles. The smallest absolute Gasteiger partial charge is 0.549 e. The second-order valence-electron chi connectivity index (χ2n) is 9.21. The minimum absolute atomic E-state index is 0. The monoisotopic (exact) mass is 582 g/mol. The Hall–Kier alpha value is 0.263. The second-order valence-corrected chi connectivity index (χ2v) is 11.4. The molecule has 0 unspecified atom stereocenters. The summed E-state index contributed by atoms with van der Waals surface area (Å²) in [7, 11) is 0. The van der Waals surface area contributed by atoms with Crippen LogP contribution >= 0.6 is 23.5 Å². The summed E-state index contributed by atoms with van der Waals surface area (Å²) >= 11 is 2.95. The Labute approximate surface area is 239 Å². The number of carbonyl (C=O) groups excluding carboxylic acids is 2. The molecule has 0 aliphatic rings. The number of thioether (sulfide) groups is 2. The molecule has 0 aromatic heterocycles. The van der Waals surface area contributed by atoms with Crippen LogP contribution in [0.4, 0.5) is 0 Å². The first kappa shape index (κ1) is 39.8. The van der Waals surface area contributed by atoms with Gasteiger partial charge in [0.25, 0.3) is 0 Å². The molecule has 35 heavy (non-hydrogen) atoms. The van der Waals surface area contributed by atoms with Crippen molar-refractivity contribution in [2.24, 2.45) is 0 Å². The number of aliphatic carboxylic acids is 2. The molecule has 0 aliphatic carbocycles. The first-order chi connectivity index (χ1) is 16.5. The van der Waals surface area contributed by atoms with Gasteiger partial charge in [-0.3, -0.25) is 0 Å². The molecule has 0 fully saturated rings. The molecule has 0 atom stereocenters. The molecule has 0 heterocycles. The Kier molecular flexibility index (Phi) is 41.4. The molecule has 0 bridgehead atoms. The molecule has 7 heteroatoms. The van der Waals surface area contributed by atoms with Gasteiger partial charge in [0.2, 0.25) is 0 Å². The maximum Gasteiger partial charge on any atom is 2.00 e. The number of hydrogen-bond donors (Lipinski definition) is 0. The van der Waals surface area contributed by atoms with Crippen molar-refractivity contribution in [1.29, 1.82) is 0 Å². The summed E-state index contributed by atoms with van der Waals surface area (Å²) in [5.74, 6) is 0.341. The third-order valence-corrected chi connectivity index (χ3v) is 7.76. The molecular formula is C28H54O4S2Zn. The van der Waals surface area contributed by atoms with Crippen molar-refractivity contribution in [2.75, 3.05) is 23.0 Å². The van der Waals surface area contributed by atoms with Crippen LogP contribution in [0.25, 0.3) is 0 Å². The molecule has 0 spiro atoms. The topological polar surface area (TPSA) is 80.3 Å². The molecular weight excluding hydrogens is 530 g/mol. The summed E-state index contributed by atoms with van der Waals surface area (Å²) < 4.78 is 0. The van der Waals surface area contributed by atoms with Crippen molar-refractivity contribution in [3.05, 3.63) is 0 Å². The third kappa shape index (κ3) is 44.6. The van der Waals surface area contributed by atoms with Crippen LogP contribution in [-0.4, -0.2) is 35.0 Å². The molecule has 0 aromatic carbocycles. The van der Waals surface area contributed by atoms with Crippen molar-refractivity contribution in [2.45, 2.75) is 142 Å². The van der Waals surface area contributed by atoms with Gasteiger partial charge in [0.05, 0.1) is 11.9 Å². The average molecular weight is 584 g/mol. The number of carboxylic acid groups (broad SMARTS) is 2. The number of carboxylic acids is 2. The van der Waals surface area contributed by atoms with E-state index in [1.165, 1.54) is 139 Å². The van der Waals surface area contributed by atoms with Gasteiger partial charge in [0, 0.05) is 11.5 Å². The van der Waals surface area contributed by atoms with Crippen molar-refractivity contribution in [3.8, 4) is 0 Å². The Balaban J connectivity index is -0.000000569. The van der Waals surface area contributed by atoms with Gasteiger partial charge in [-0.05, 0) is 24.3 Å². The fourth-order valence-electron chi connectivity index (χ4n) is 3.69. The molecule has 0 aromatic rings. The normalized spacial score (nSPS) is 10.3. The number of carbonyl (C=O) groups is 2. The van der Waals surface area contributed by atoms with E-state index in [1.807, 2.05) is 0 Å². The number of rotatable bonds is 26. The molecule has 0 N–H and O–H groups in total. The Morgan fingerprint density at radius 2 is 0.686 bits per heavy atom. The standard InChI is InChI=1S/2C14H28O2S.Zn/c2*1-2-3-4-5-6-7-8-9-10-11-12-17-13-14(15)16;/h2*2-13H2,1H3,(H,15,16);/q;;+2/p-2. The van der Waals surface area contributed by atoms with Crippen molar-refractivity contribution in [1.82, 2.24) is 0 Å². The van der Waals surface area contributed by atoms with Crippen LogP contribution in [-0.2, 0) is 29.1 Å². The zero-order valence-electron chi connectivity index (χ0n) is 23.1. The Morgan fingerprint density at radius 1 is 0.457 bits per heavy atom. The molecule has 0 saturated heterocycles. The molecule has 0 radical (unpaired) electrons. The van der Waals surface area contributed by atoms with E-state index in [2.05, 4.69) is 13.8 Å². The van der Waals surface area contributed by atoms with E-state index in [4.69, 9.17) is 0 Å². The summed E-state index contributed by atoms with van der Waals surface area (Å²) in [6, 6.07) is 0. The van der Waals surface area contributed by atoms with Crippen molar-refractivity contribution in [3.63, 3.8) is 0 Å². The number of unbranched alkanes of at least 4 members (excludes halogenated alkanes) is 18. The maximum absolute atomic E-state index is 10.1. The van der Waals surface area contributed by atoms with E-state index in [-0.39, 0.29) is 31.0 Å².